The number of rotatable bonds is 4. The summed E-state index contributed by atoms with van der Waals surface area (Å²) in [5, 5.41) is 8.94. The zero-order valence-corrected chi connectivity index (χ0v) is 15.8. The van der Waals surface area contributed by atoms with Gasteiger partial charge in [0.25, 0.3) is 10.1 Å². The van der Waals surface area contributed by atoms with Crippen molar-refractivity contribution in [2.75, 3.05) is 5.73 Å². The van der Waals surface area contributed by atoms with Crippen LogP contribution in [-0.4, -0.2) is 22.9 Å². The first-order valence-electron chi connectivity index (χ1n) is 8.50. The summed E-state index contributed by atoms with van der Waals surface area (Å²) >= 11 is 0. The molecule has 4 rings (SSSR count). The van der Waals surface area contributed by atoms with Crippen LogP contribution >= 0.6 is 0 Å². The number of nitrogens with two attached hydrogens (primary N) is 1. The maximum Gasteiger partial charge on any atom is 0.295 e. The molecule has 0 spiro atoms. The lowest BCUT2D eigenvalue weighted by Crippen LogP contribution is -2.01. The van der Waals surface area contributed by atoms with Crippen molar-refractivity contribution in [3.63, 3.8) is 0 Å². The van der Waals surface area contributed by atoms with Gasteiger partial charge in [-0.25, -0.2) is 0 Å². The van der Waals surface area contributed by atoms with Gasteiger partial charge in [-0.2, -0.15) is 8.42 Å². The van der Waals surface area contributed by atoms with Crippen LogP contribution in [0.2, 0.25) is 0 Å². The predicted octanol–water partition coefficient (Wildman–Crippen LogP) is 4.54. The fourth-order valence-electron chi connectivity index (χ4n) is 2.89. The average Bonchev–Trinajstić information content (AvgIpc) is 2.73. The fraction of sp³-hybridized carbons (Fsp3) is 0. The Morgan fingerprint density at radius 2 is 1.72 bits per heavy atom. The molecule has 2 aromatic heterocycles. The van der Waals surface area contributed by atoms with Crippen molar-refractivity contribution >= 4 is 38.0 Å². The summed E-state index contributed by atoms with van der Waals surface area (Å²) < 4.78 is 33.1. The molecular weight excluding hydrogens is 390 g/mol. The minimum absolute atomic E-state index is 0.132. The summed E-state index contributed by atoms with van der Waals surface area (Å²) in [5.41, 5.74) is 8.59. The second-order valence-corrected chi connectivity index (χ2v) is 7.56. The monoisotopic (exact) mass is 405 g/mol. The molecule has 8 nitrogen and oxygen atoms in total. The SMILES string of the molecule is Nc1c(N=Nc2ccc(-c3cccnc3)nc2)cc(S(=O)(=O)O)c2ccccc12. The molecule has 0 amide bonds. The van der Waals surface area contributed by atoms with Gasteiger partial charge in [0, 0.05) is 28.7 Å². The molecule has 2 heterocycles. The van der Waals surface area contributed by atoms with Crippen LogP contribution in [0.25, 0.3) is 22.0 Å². The van der Waals surface area contributed by atoms with E-state index < -0.39 is 10.1 Å². The molecule has 0 aliphatic rings. The molecule has 0 saturated heterocycles. The van der Waals surface area contributed by atoms with Crippen LogP contribution in [0.3, 0.4) is 0 Å². The van der Waals surface area contributed by atoms with Crippen LogP contribution in [0.4, 0.5) is 17.1 Å². The highest BCUT2D eigenvalue weighted by Gasteiger charge is 2.18. The second kappa shape index (κ2) is 7.38. The van der Waals surface area contributed by atoms with Gasteiger partial charge in [0.1, 0.15) is 16.3 Å². The van der Waals surface area contributed by atoms with Crippen molar-refractivity contribution in [1.29, 1.82) is 0 Å². The molecule has 0 fully saturated rings. The van der Waals surface area contributed by atoms with Gasteiger partial charge in [-0.15, -0.1) is 10.2 Å². The Bertz CT molecular complexity index is 1320. The number of aromatic nitrogens is 2. The van der Waals surface area contributed by atoms with E-state index in [0.29, 0.717) is 16.5 Å². The molecule has 2 aromatic carbocycles. The molecule has 9 heteroatoms. The lowest BCUT2D eigenvalue weighted by molar-refractivity contribution is 0.484. The van der Waals surface area contributed by atoms with Gasteiger partial charge in [-0.3, -0.25) is 14.5 Å². The Morgan fingerprint density at radius 1 is 0.931 bits per heavy atom. The maximum absolute atomic E-state index is 11.8. The summed E-state index contributed by atoms with van der Waals surface area (Å²) in [7, 11) is -4.46. The molecule has 4 aromatic rings. The van der Waals surface area contributed by atoms with Gasteiger partial charge < -0.3 is 5.73 Å². The molecule has 0 aliphatic carbocycles. The topological polar surface area (TPSA) is 131 Å². The summed E-state index contributed by atoms with van der Waals surface area (Å²) in [6.45, 7) is 0. The third kappa shape index (κ3) is 3.82. The number of pyridine rings is 2. The Labute approximate surface area is 166 Å². The van der Waals surface area contributed by atoms with Gasteiger partial charge in [-0.1, -0.05) is 24.3 Å². The quantitative estimate of drug-likeness (QED) is 0.291. The normalized spacial score (nSPS) is 11.9. The highest BCUT2D eigenvalue weighted by Crippen LogP contribution is 2.36. The van der Waals surface area contributed by atoms with Crippen molar-refractivity contribution in [2.45, 2.75) is 4.90 Å². The summed E-state index contributed by atoms with van der Waals surface area (Å²) in [5.74, 6) is 0. The number of azo groups is 1. The Balaban J connectivity index is 1.72. The van der Waals surface area contributed by atoms with Crippen molar-refractivity contribution < 1.29 is 13.0 Å². The molecule has 0 saturated carbocycles. The number of hydrogen-bond acceptors (Lipinski definition) is 7. The van der Waals surface area contributed by atoms with Crippen molar-refractivity contribution in [3.8, 4) is 11.3 Å². The maximum atomic E-state index is 11.8. The van der Waals surface area contributed by atoms with Crippen LogP contribution in [0.15, 0.2) is 88.3 Å². The van der Waals surface area contributed by atoms with Crippen LogP contribution in [-0.2, 0) is 10.1 Å². The minimum atomic E-state index is -4.46. The zero-order valence-electron chi connectivity index (χ0n) is 15.0. The molecule has 3 N–H and O–H groups in total. The molecule has 0 radical (unpaired) electrons. The van der Waals surface area contributed by atoms with Crippen LogP contribution < -0.4 is 5.73 Å². The van der Waals surface area contributed by atoms with Crippen LogP contribution in [0, 0.1) is 0 Å². The first-order valence-corrected chi connectivity index (χ1v) is 9.94. The van der Waals surface area contributed by atoms with Gasteiger partial charge in [-0.05, 0) is 30.3 Å². The number of fused-ring (bicyclic) bond motifs is 1. The Kier molecular flexibility index (Phi) is 4.75. The van der Waals surface area contributed by atoms with Crippen molar-refractivity contribution in [1.82, 2.24) is 9.97 Å². The molecule has 0 atom stereocenters. The molecule has 0 unspecified atom stereocenters. The number of nitrogens with zero attached hydrogens (tertiary/aromatic N) is 4. The lowest BCUT2D eigenvalue weighted by atomic mass is 10.1. The largest absolute Gasteiger partial charge is 0.396 e. The molecule has 29 heavy (non-hydrogen) atoms. The third-order valence-electron chi connectivity index (χ3n) is 4.28. The molecule has 0 aliphatic heterocycles. The van der Waals surface area contributed by atoms with E-state index in [1.54, 1.807) is 48.8 Å². The fourth-order valence-corrected chi connectivity index (χ4v) is 3.60. The molecule has 0 bridgehead atoms. The first-order chi connectivity index (χ1) is 13.9. The van der Waals surface area contributed by atoms with Gasteiger partial charge in [0.05, 0.1) is 17.6 Å². The van der Waals surface area contributed by atoms with E-state index in [2.05, 4.69) is 20.2 Å². The second-order valence-electron chi connectivity index (χ2n) is 6.17. The number of nitrogen functional groups attached to an aromatic ring is 1. The van der Waals surface area contributed by atoms with E-state index in [4.69, 9.17) is 5.73 Å². The molecule has 144 valence electrons. The van der Waals surface area contributed by atoms with Gasteiger partial charge in [0.2, 0.25) is 0 Å². The first kappa shape index (κ1) is 18.7. The predicted molar refractivity (Wildman–Crippen MR) is 110 cm³/mol. The number of benzene rings is 2. The summed E-state index contributed by atoms with van der Waals surface area (Å²) in [4.78, 5) is 8.11. The van der Waals surface area contributed by atoms with Crippen LogP contribution in [0.1, 0.15) is 0 Å². The Morgan fingerprint density at radius 3 is 2.38 bits per heavy atom. The lowest BCUT2D eigenvalue weighted by Gasteiger charge is -2.09. The van der Waals surface area contributed by atoms with E-state index in [-0.39, 0.29) is 16.3 Å². The Hall–Kier alpha value is -3.69. The number of hydrogen-bond donors (Lipinski definition) is 2. The molecular formula is C20H15N5O3S. The smallest absolute Gasteiger partial charge is 0.295 e. The van der Waals surface area contributed by atoms with E-state index in [9.17, 15) is 13.0 Å². The van der Waals surface area contributed by atoms with E-state index >= 15 is 0 Å². The van der Waals surface area contributed by atoms with E-state index in [1.165, 1.54) is 12.3 Å². The minimum Gasteiger partial charge on any atom is -0.396 e. The van der Waals surface area contributed by atoms with Gasteiger partial charge in [0.15, 0.2) is 0 Å². The zero-order chi connectivity index (χ0) is 20.4. The standard InChI is InChI=1S/C20H15N5O3S/c21-20-16-6-2-1-5-15(16)19(29(26,27)28)10-18(20)25-24-14-7-8-17(23-12-14)13-4-3-9-22-11-13/h1-12H,21H2,(H,26,27,28). The highest BCUT2D eigenvalue weighted by atomic mass is 32.2. The average molecular weight is 405 g/mol. The van der Waals surface area contributed by atoms with Gasteiger partial charge >= 0.3 is 0 Å². The highest BCUT2D eigenvalue weighted by molar-refractivity contribution is 7.86. The third-order valence-corrected chi connectivity index (χ3v) is 5.18. The van der Waals surface area contributed by atoms with E-state index in [0.717, 1.165) is 11.3 Å². The van der Waals surface area contributed by atoms with E-state index in [1.807, 2.05) is 12.1 Å². The van der Waals surface area contributed by atoms with Crippen LogP contribution in [0.5, 0.6) is 0 Å². The summed E-state index contributed by atoms with van der Waals surface area (Å²) in [6, 6.07) is 15.0. The number of anilines is 1. The van der Waals surface area contributed by atoms with Crippen molar-refractivity contribution in [3.05, 3.63) is 73.2 Å². The summed E-state index contributed by atoms with van der Waals surface area (Å²) in [6.07, 6.45) is 4.92. The van der Waals surface area contributed by atoms with Crippen molar-refractivity contribution in [2.24, 2.45) is 10.2 Å².